The zero-order chi connectivity index (χ0) is 23.5. The van der Waals surface area contributed by atoms with Crippen LogP contribution >= 0.6 is 11.6 Å². The molecular formula is C25H24ClNO6. The molecule has 1 unspecified atom stereocenters. The number of benzene rings is 2. The highest BCUT2D eigenvalue weighted by molar-refractivity contribution is 6.31. The number of rotatable bonds is 9. The minimum Gasteiger partial charge on any atom is -0.503 e. The van der Waals surface area contributed by atoms with Crippen molar-refractivity contribution in [2.45, 2.75) is 19.4 Å². The van der Waals surface area contributed by atoms with Crippen molar-refractivity contribution >= 4 is 34.3 Å². The van der Waals surface area contributed by atoms with Gasteiger partial charge in [0.25, 0.3) is 5.91 Å². The molecule has 1 N–H and O–H groups in total. The molecule has 0 bridgehead atoms. The fourth-order valence-corrected chi connectivity index (χ4v) is 4.06. The smallest absolute Gasteiger partial charge is 0.290 e. The number of hydrogen-bond acceptors (Lipinski definition) is 6. The van der Waals surface area contributed by atoms with E-state index in [1.54, 1.807) is 48.5 Å². The predicted octanol–water partition coefficient (Wildman–Crippen LogP) is 5.10. The molecule has 0 saturated carbocycles. The predicted molar refractivity (Wildman–Crippen MR) is 124 cm³/mol. The zero-order valence-corrected chi connectivity index (χ0v) is 19.1. The lowest BCUT2D eigenvalue weighted by atomic mass is 9.95. The van der Waals surface area contributed by atoms with Crippen molar-refractivity contribution in [2.75, 3.05) is 26.9 Å². The van der Waals surface area contributed by atoms with Gasteiger partial charge in [-0.2, -0.15) is 0 Å². The van der Waals surface area contributed by atoms with E-state index in [-0.39, 0.29) is 24.5 Å². The summed E-state index contributed by atoms with van der Waals surface area (Å²) >= 11 is 6.04. The van der Waals surface area contributed by atoms with E-state index < -0.39 is 23.5 Å². The van der Waals surface area contributed by atoms with Gasteiger partial charge < -0.3 is 23.9 Å². The molecular weight excluding hydrogens is 446 g/mol. The van der Waals surface area contributed by atoms with E-state index in [0.29, 0.717) is 33.9 Å². The number of fused-ring (bicyclic) bond motifs is 1. The van der Waals surface area contributed by atoms with Crippen molar-refractivity contribution in [3.05, 3.63) is 76.2 Å². The lowest BCUT2D eigenvalue weighted by molar-refractivity contribution is -0.130. The lowest BCUT2D eigenvalue weighted by Gasteiger charge is -2.26. The van der Waals surface area contributed by atoms with E-state index in [1.165, 1.54) is 12.0 Å². The zero-order valence-electron chi connectivity index (χ0n) is 18.3. The van der Waals surface area contributed by atoms with Crippen LogP contribution in [-0.2, 0) is 9.53 Å². The van der Waals surface area contributed by atoms with E-state index >= 15 is 0 Å². The number of ketones is 1. The molecule has 3 aromatic rings. The number of ether oxygens (including phenoxy) is 2. The van der Waals surface area contributed by atoms with Crippen LogP contribution in [0.15, 0.2) is 64.3 Å². The summed E-state index contributed by atoms with van der Waals surface area (Å²) in [5, 5.41) is 11.9. The first-order valence-corrected chi connectivity index (χ1v) is 11.0. The maximum Gasteiger partial charge on any atom is 0.290 e. The number of aliphatic hydroxyl groups excluding tert-OH is 1. The third kappa shape index (κ3) is 4.47. The molecule has 1 amide bonds. The number of Topliss-reactive ketones (excluding diaryl/α,β-unsaturated/α-hetero) is 1. The Bertz CT molecular complexity index is 1210. The normalized spacial score (nSPS) is 16.2. The molecule has 0 radical (unpaired) electrons. The highest BCUT2D eigenvalue weighted by atomic mass is 35.5. The van der Waals surface area contributed by atoms with Gasteiger partial charge >= 0.3 is 0 Å². The van der Waals surface area contributed by atoms with Gasteiger partial charge in [0.05, 0.1) is 24.8 Å². The summed E-state index contributed by atoms with van der Waals surface area (Å²) in [6, 6.07) is 12.9. The van der Waals surface area contributed by atoms with Crippen molar-refractivity contribution < 1.29 is 28.6 Å². The first kappa shape index (κ1) is 22.9. The van der Waals surface area contributed by atoms with Crippen molar-refractivity contribution in [3.8, 4) is 5.75 Å². The summed E-state index contributed by atoms with van der Waals surface area (Å²) < 4.78 is 16.5. The second-order valence-corrected chi connectivity index (χ2v) is 8.13. The first-order chi connectivity index (χ1) is 15.9. The van der Waals surface area contributed by atoms with Gasteiger partial charge in [0.1, 0.15) is 11.3 Å². The van der Waals surface area contributed by atoms with Crippen molar-refractivity contribution in [1.82, 2.24) is 4.90 Å². The molecule has 0 aliphatic carbocycles. The fourth-order valence-electron chi connectivity index (χ4n) is 3.88. The molecule has 1 atom stereocenters. The molecule has 172 valence electrons. The Morgan fingerprint density at radius 2 is 1.91 bits per heavy atom. The van der Waals surface area contributed by atoms with Gasteiger partial charge in [-0.05, 0) is 48.4 Å². The monoisotopic (exact) mass is 469 g/mol. The molecule has 0 fully saturated rings. The third-order valence-corrected chi connectivity index (χ3v) is 5.69. The molecule has 0 spiro atoms. The second kappa shape index (κ2) is 9.68. The maximum absolute atomic E-state index is 13.5. The van der Waals surface area contributed by atoms with Gasteiger partial charge in [-0.15, -0.1) is 0 Å². The Morgan fingerprint density at radius 3 is 2.61 bits per heavy atom. The van der Waals surface area contributed by atoms with Gasteiger partial charge in [0.2, 0.25) is 5.78 Å². The molecule has 4 rings (SSSR count). The summed E-state index contributed by atoms with van der Waals surface area (Å²) in [7, 11) is 1.52. The number of amides is 1. The van der Waals surface area contributed by atoms with Gasteiger partial charge in [-0.3, -0.25) is 9.59 Å². The summed E-state index contributed by atoms with van der Waals surface area (Å²) in [5.74, 6) is -1.09. The molecule has 8 heteroatoms. The van der Waals surface area contributed by atoms with Gasteiger partial charge in [-0.1, -0.05) is 30.7 Å². The van der Waals surface area contributed by atoms with Crippen LogP contribution in [0.4, 0.5) is 0 Å². The second-order valence-electron chi connectivity index (χ2n) is 7.70. The molecule has 2 heterocycles. The van der Waals surface area contributed by atoms with E-state index in [9.17, 15) is 14.7 Å². The average Bonchev–Trinajstić information content (AvgIpc) is 3.35. The SMILES string of the molecule is CCCOc1ccc(C2C(C(=O)c3cc4cc(Cl)ccc4o3)=C(O)C(=O)N2CCOC)cc1. The fraction of sp³-hybridized carbons (Fsp3) is 0.280. The number of carbonyl (C=O) groups excluding carboxylic acids is 2. The van der Waals surface area contributed by atoms with Crippen molar-refractivity contribution in [3.63, 3.8) is 0 Å². The molecule has 1 aromatic heterocycles. The van der Waals surface area contributed by atoms with Crippen LogP contribution in [0.3, 0.4) is 0 Å². The molecule has 0 saturated heterocycles. The number of aliphatic hydroxyl groups is 1. The third-order valence-electron chi connectivity index (χ3n) is 5.46. The van der Waals surface area contributed by atoms with E-state index in [1.807, 2.05) is 6.92 Å². The number of methoxy groups -OCH3 is 1. The maximum atomic E-state index is 13.5. The number of halogens is 1. The quantitative estimate of drug-likeness (QED) is 0.438. The number of hydrogen-bond donors (Lipinski definition) is 1. The van der Waals surface area contributed by atoms with Crippen LogP contribution in [0.25, 0.3) is 11.0 Å². The number of carbonyl (C=O) groups is 2. The minimum atomic E-state index is -0.794. The standard InChI is InChI=1S/C25H24ClNO6/c1-3-11-32-18-7-4-15(5-8-18)22-21(24(29)25(30)27(22)10-12-31-2)23(28)20-14-16-13-17(26)6-9-19(16)33-20/h4-9,13-14,22,29H,3,10-12H2,1-2H3. The highest BCUT2D eigenvalue weighted by Crippen LogP contribution is 2.40. The Labute approximate surface area is 196 Å². The summed E-state index contributed by atoms with van der Waals surface area (Å²) in [5.41, 5.74) is 1.11. The Morgan fingerprint density at radius 1 is 1.15 bits per heavy atom. The van der Waals surface area contributed by atoms with Gasteiger partial charge in [-0.25, -0.2) is 0 Å². The van der Waals surface area contributed by atoms with E-state index in [2.05, 4.69) is 0 Å². The van der Waals surface area contributed by atoms with Crippen LogP contribution in [0.1, 0.15) is 35.5 Å². The Balaban J connectivity index is 1.74. The van der Waals surface area contributed by atoms with Crippen LogP contribution in [0.2, 0.25) is 5.02 Å². The lowest BCUT2D eigenvalue weighted by Crippen LogP contribution is -2.34. The molecule has 1 aliphatic heterocycles. The largest absolute Gasteiger partial charge is 0.503 e. The average molecular weight is 470 g/mol. The minimum absolute atomic E-state index is 0.0168. The summed E-state index contributed by atoms with van der Waals surface area (Å²) in [4.78, 5) is 27.8. The highest BCUT2D eigenvalue weighted by Gasteiger charge is 2.44. The molecule has 1 aliphatic rings. The van der Waals surface area contributed by atoms with Crippen LogP contribution < -0.4 is 4.74 Å². The number of nitrogens with zero attached hydrogens (tertiary/aromatic N) is 1. The van der Waals surface area contributed by atoms with Gasteiger partial charge in [0.15, 0.2) is 11.5 Å². The van der Waals surface area contributed by atoms with Crippen LogP contribution in [0.5, 0.6) is 5.75 Å². The van der Waals surface area contributed by atoms with E-state index in [4.69, 9.17) is 25.5 Å². The van der Waals surface area contributed by atoms with Gasteiger partial charge in [0, 0.05) is 24.1 Å². The molecule has 33 heavy (non-hydrogen) atoms. The molecule has 2 aromatic carbocycles. The topological polar surface area (TPSA) is 89.2 Å². The molecule has 7 nitrogen and oxygen atoms in total. The van der Waals surface area contributed by atoms with Crippen molar-refractivity contribution in [1.29, 1.82) is 0 Å². The van der Waals surface area contributed by atoms with E-state index in [0.717, 1.165) is 6.42 Å². The first-order valence-electron chi connectivity index (χ1n) is 10.6. The number of furan rings is 1. The Hall–Kier alpha value is -3.29. The van der Waals surface area contributed by atoms with Crippen molar-refractivity contribution in [2.24, 2.45) is 0 Å². The summed E-state index contributed by atoms with van der Waals surface area (Å²) in [6.07, 6.45) is 0.877. The van der Waals surface area contributed by atoms with Crippen LogP contribution in [-0.4, -0.2) is 48.6 Å². The Kier molecular flexibility index (Phi) is 6.72. The summed E-state index contributed by atoms with van der Waals surface area (Å²) in [6.45, 7) is 3.05. The van der Waals surface area contributed by atoms with Crippen LogP contribution in [0, 0.1) is 0 Å².